The third-order valence-corrected chi connectivity index (χ3v) is 3.47. The third-order valence-electron chi connectivity index (χ3n) is 3.47. The van der Waals surface area contributed by atoms with Crippen molar-refractivity contribution in [2.45, 2.75) is 19.3 Å². The minimum absolute atomic E-state index is 0.294. The first-order valence-corrected chi connectivity index (χ1v) is 5.99. The number of hydrogen-bond donors (Lipinski definition) is 0. The van der Waals surface area contributed by atoms with Gasteiger partial charge in [-0.1, -0.05) is 36.4 Å². The van der Waals surface area contributed by atoms with Gasteiger partial charge in [-0.05, 0) is 35.1 Å². The highest BCUT2D eigenvalue weighted by Gasteiger charge is 2.31. The highest BCUT2D eigenvalue weighted by molar-refractivity contribution is 6.17. The summed E-state index contributed by atoms with van der Waals surface area (Å²) in [5.74, 6) is 0.294. The summed E-state index contributed by atoms with van der Waals surface area (Å²) in [5, 5.41) is 0. The molecule has 0 aliphatic heterocycles. The molecule has 0 saturated carbocycles. The van der Waals surface area contributed by atoms with Gasteiger partial charge < -0.3 is 0 Å². The Morgan fingerprint density at radius 1 is 1.29 bits per heavy atom. The van der Waals surface area contributed by atoms with Crippen LogP contribution in [-0.2, 0) is 4.79 Å². The molecule has 0 saturated heterocycles. The molecule has 2 aliphatic rings. The molecule has 0 amide bonds. The molecule has 1 nitrogen and oxygen atoms in total. The first kappa shape index (κ1) is 10.3. The third kappa shape index (κ3) is 1.50. The lowest BCUT2D eigenvalue weighted by atomic mass is 9.99. The lowest BCUT2D eigenvalue weighted by Gasteiger charge is -2.04. The van der Waals surface area contributed by atoms with E-state index in [1.165, 1.54) is 22.3 Å². The Hall–Kier alpha value is -1.89. The van der Waals surface area contributed by atoms with Crippen LogP contribution >= 0.6 is 0 Å². The molecule has 1 aromatic carbocycles. The minimum Gasteiger partial charge on any atom is -0.294 e. The summed E-state index contributed by atoms with van der Waals surface area (Å²) < 4.78 is 0. The Morgan fingerprint density at radius 3 is 2.94 bits per heavy atom. The maximum atomic E-state index is 12.0. The Balaban J connectivity index is 2.12. The van der Waals surface area contributed by atoms with Crippen LogP contribution in [0.3, 0.4) is 0 Å². The summed E-state index contributed by atoms with van der Waals surface area (Å²) in [7, 11) is 0. The van der Waals surface area contributed by atoms with Gasteiger partial charge in [0.15, 0.2) is 5.78 Å². The van der Waals surface area contributed by atoms with E-state index in [-0.39, 0.29) is 0 Å². The number of ketones is 1. The van der Waals surface area contributed by atoms with Gasteiger partial charge in [-0.15, -0.1) is 6.58 Å². The second-order valence-corrected chi connectivity index (χ2v) is 4.54. The highest BCUT2D eigenvalue weighted by Crippen LogP contribution is 2.45. The van der Waals surface area contributed by atoms with Crippen molar-refractivity contribution in [3.63, 3.8) is 0 Å². The highest BCUT2D eigenvalue weighted by atomic mass is 16.1. The van der Waals surface area contributed by atoms with Crippen molar-refractivity contribution in [1.82, 2.24) is 0 Å². The average Bonchev–Trinajstić information content (AvgIpc) is 2.82. The zero-order valence-corrected chi connectivity index (χ0v) is 9.70. The van der Waals surface area contributed by atoms with Crippen LogP contribution in [0.25, 0.3) is 11.6 Å². The molecule has 0 radical (unpaired) electrons. The number of rotatable bonds is 3. The maximum absolute atomic E-state index is 12.0. The van der Waals surface area contributed by atoms with Crippen LogP contribution < -0.4 is 0 Å². The Kier molecular flexibility index (Phi) is 2.32. The number of fused-ring (bicyclic) bond motifs is 3. The first-order chi connectivity index (χ1) is 8.31. The molecule has 1 heteroatoms. The van der Waals surface area contributed by atoms with Crippen LogP contribution in [0.4, 0.5) is 0 Å². The summed E-state index contributed by atoms with van der Waals surface area (Å²) in [4.78, 5) is 12.0. The lowest BCUT2D eigenvalue weighted by Crippen LogP contribution is -1.96. The molecular formula is C16H14O. The van der Waals surface area contributed by atoms with E-state index in [0.29, 0.717) is 12.2 Å². The molecule has 0 spiro atoms. The van der Waals surface area contributed by atoms with E-state index in [4.69, 9.17) is 0 Å². The molecule has 0 unspecified atom stereocenters. The molecule has 84 valence electrons. The van der Waals surface area contributed by atoms with Crippen LogP contribution in [0.5, 0.6) is 0 Å². The molecular weight excluding hydrogens is 208 g/mol. The van der Waals surface area contributed by atoms with Crippen LogP contribution in [0.2, 0.25) is 0 Å². The number of Topliss-reactive ketones (excluding diaryl/α,β-unsaturated/α-hetero) is 1. The minimum atomic E-state index is 0.294. The number of benzene rings is 1. The van der Waals surface area contributed by atoms with E-state index in [1.54, 1.807) is 0 Å². The van der Waals surface area contributed by atoms with Gasteiger partial charge in [0.05, 0.1) is 0 Å². The number of carbonyl (C=O) groups excluding carboxylic acids is 1. The van der Waals surface area contributed by atoms with Gasteiger partial charge in [0, 0.05) is 12.0 Å². The van der Waals surface area contributed by atoms with Gasteiger partial charge in [0.25, 0.3) is 0 Å². The molecule has 0 N–H and O–H groups in total. The summed E-state index contributed by atoms with van der Waals surface area (Å²) in [6, 6.07) is 8.31. The number of hydrogen-bond acceptors (Lipinski definition) is 1. The van der Waals surface area contributed by atoms with Gasteiger partial charge in [0.1, 0.15) is 0 Å². The van der Waals surface area contributed by atoms with E-state index < -0.39 is 0 Å². The smallest absolute Gasteiger partial charge is 0.163 e. The largest absolute Gasteiger partial charge is 0.294 e. The van der Waals surface area contributed by atoms with Crippen LogP contribution in [0.1, 0.15) is 30.4 Å². The van der Waals surface area contributed by atoms with Crippen LogP contribution in [0.15, 0.2) is 48.1 Å². The molecule has 0 bridgehead atoms. The molecule has 1 aromatic rings. The predicted octanol–water partition coefficient (Wildman–Crippen LogP) is 3.78. The van der Waals surface area contributed by atoms with Crippen molar-refractivity contribution in [2.24, 2.45) is 0 Å². The SMILES string of the molecule is C=CCCC1=C2C(=Cc3ccccc32)CC1=O. The topological polar surface area (TPSA) is 17.1 Å². The summed E-state index contributed by atoms with van der Waals surface area (Å²) in [5.41, 5.74) is 5.89. The van der Waals surface area contributed by atoms with E-state index >= 15 is 0 Å². The molecule has 0 atom stereocenters. The zero-order valence-electron chi connectivity index (χ0n) is 9.70. The Labute approximate surface area is 101 Å². The van der Waals surface area contributed by atoms with E-state index in [2.05, 4.69) is 24.8 Å². The second kappa shape index (κ2) is 3.85. The molecule has 0 aromatic heterocycles. The average molecular weight is 222 g/mol. The van der Waals surface area contributed by atoms with Crippen molar-refractivity contribution in [3.05, 3.63) is 59.2 Å². The van der Waals surface area contributed by atoms with Gasteiger partial charge >= 0.3 is 0 Å². The quantitative estimate of drug-likeness (QED) is 0.711. The molecule has 0 fully saturated rings. The summed E-state index contributed by atoms with van der Waals surface area (Å²) in [6.45, 7) is 3.73. The molecule has 3 rings (SSSR count). The van der Waals surface area contributed by atoms with Crippen molar-refractivity contribution in [3.8, 4) is 0 Å². The summed E-state index contributed by atoms with van der Waals surface area (Å²) >= 11 is 0. The van der Waals surface area contributed by atoms with Gasteiger partial charge in [-0.3, -0.25) is 4.79 Å². The number of carbonyl (C=O) groups is 1. The zero-order chi connectivity index (χ0) is 11.8. The fourth-order valence-corrected chi connectivity index (χ4v) is 2.71. The van der Waals surface area contributed by atoms with Gasteiger partial charge in [-0.2, -0.15) is 0 Å². The molecule has 17 heavy (non-hydrogen) atoms. The van der Waals surface area contributed by atoms with Crippen molar-refractivity contribution in [1.29, 1.82) is 0 Å². The van der Waals surface area contributed by atoms with Crippen LogP contribution in [-0.4, -0.2) is 5.78 Å². The predicted molar refractivity (Wildman–Crippen MR) is 70.4 cm³/mol. The lowest BCUT2D eigenvalue weighted by molar-refractivity contribution is -0.114. The first-order valence-electron chi connectivity index (χ1n) is 5.99. The Morgan fingerprint density at radius 2 is 2.12 bits per heavy atom. The van der Waals surface area contributed by atoms with Crippen molar-refractivity contribution < 1.29 is 4.79 Å². The number of allylic oxidation sites excluding steroid dienone is 4. The fourth-order valence-electron chi connectivity index (χ4n) is 2.71. The van der Waals surface area contributed by atoms with Crippen molar-refractivity contribution >= 4 is 17.4 Å². The normalized spacial score (nSPS) is 16.9. The maximum Gasteiger partial charge on any atom is 0.163 e. The van der Waals surface area contributed by atoms with Crippen molar-refractivity contribution in [2.75, 3.05) is 0 Å². The van der Waals surface area contributed by atoms with Gasteiger partial charge in [0.2, 0.25) is 0 Å². The summed E-state index contributed by atoms with van der Waals surface area (Å²) in [6.07, 6.45) is 6.31. The van der Waals surface area contributed by atoms with E-state index in [0.717, 1.165) is 18.4 Å². The molecule has 2 aliphatic carbocycles. The molecule has 0 heterocycles. The monoisotopic (exact) mass is 222 g/mol. The van der Waals surface area contributed by atoms with E-state index in [9.17, 15) is 4.79 Å². The standard InChI is InChI=1S/C16H14O/c1-2-3-7-14-15(17)10-12-9-11-6-4-5-8-13(11)16(12)14/h2,4-6,8-9H,1,3,7,10H2. The van der Waals surface area contributed by atoms with Gasteiger partial charge in [-0.25, -0.2) is 0 Å². The van der Waals surface area contributed by atoms with E-state index in [1.807, 2.05) is 18.2 Å². The Bertz CT molecular complexity index is 573. The fraction of sp³-hybridized carbons (Fsp3) is 0.188. The van der Waals surface area contributed by atoms with Crippen LogP contribution in [0, 0.1) is 0 Å². The second-order valence-electron chi connectivity index (χ2n) is 4.54.